The van der Waals surface area contributed by atoms with E-state index in [0.717, 1.165) is 22.1 Å². The first-order chi connectivity index (χ1) is 9.07. The van der Waals surface area contributed by atoms with Crippen LogP contribution >= 0.6 is 15.9 Å². The Hall–Kier alpha value is -0.430. The lowest BCUT2D eigenvalue weighted by Gasteiger charge is -2.22. The van der Waals surface area contributed by atoms with Crippen LogP contribution < -0.4 is 10.0 Å². The van der Waals surface area contributed by atoms with Gasteiger partial charge < -0.3 is 5.32 Å². The van der Waals surface area contributed by atoms with Crippen LogP contribution in [0.25, 0.3) is 0 Å². The molecule has 0 aliphatic rings. The van der Waals surface area contributed by atoms with Crippen molar-refractivity contribution in [3.63, 3.8) is 0 Å². The van der Waals surface area contributed by atoms with E-state index >= 15 is 0 Å². The second-order valence-electron chi connectivity index (χ2n) is 5.84. The van der Waals surface area contributed by atoms with E-state index in [4.69, 9.17) is 0 Å². The molecule has 0 unspecified atom stereocenters. The Labute approximate surface area is 130 Å². The van der Waals surface area contributed by atoms with Crippen molar-refractivity contribution in [3.05, 3.63) is 27.7 Å². The number of hydrogen-bond donors (Lipinski definition) is 2. The van der Waals surface area contributed by atoms with E-state index in [1.807, 2.05) is 33.8 Å². The fraction of sp³-hybridized carbons (Fsp3) is 0.571. The highest BCUT2D eigenvalue weighted by Gasteiger charge is 2.24. The number of halogens is 1. The van der Waals surface area contributed by atoms with E-state index in [1.54, 1.807) is 13.0 Å². The maximum Gasteiger partial charge on any atom is 0.241 e. The van der Waals surface area contributed by atoms with Crippen LogP contribution in [0.1, 0.15) is 38.8 Å². The molecule has 0 heterocycles. The molecule has 0 saturated carbocycles. The summed E-state index contributed by atoms with van der Waals surface area (Å²) in [5, 5.41) is 3.20. The molecule has 0 fully saturated rings. The number of sulfonamides is 1. The van der Waals surface area contributed by atoms with Crippen molar-refractivity contribution in [1.82, 2.24) is 10.0 Å². The highest BCUT2D eigenvalue weighted by atomic mass is 79.9. The van der Waals surface area contributed by atoms with E-state index in [0.29, 0.717) is 11.4 Å². The van der Waals surface area contributed by atoms with Crippen LogP contribution in [-0.4, -0.2) is 20.5 Å². The molecule has 0 aromatic heterocycles. The zero-order valence-electron chi connectivity index (χ0n) is 12.7. The van der Waals surface area contributed by atoms with Crippen LogP contribution in [0.2, 0.25) is 0 Å². The van der Waals surface area contributed by atoms with E-state index in [1.165, 1.54) is 0 Å². The third-order valence-electron chi connectivity index (χ3n) is 2.67. The maximum atomic E-state index is 12.5. The third kappa shape index (κ3) is 4.84. The standard InChI is InChI=1S/C14H23BrN2O2S/c1-6-16-9-11-7-12(15)10(2)13(8-11)20(18,19)17-14(3,4)5/h7-8,16-17H,6,9H2,1-5H3. The van der Waals surface area contributed by atoms with Gasteiger partial charge in [-0.3, -0.25) is 0 Å². The smallest absolute Gasteiger partial charge is 0.241 e. The predicted octanol–water partition coefficient (Wildman–Crippen LogP) is 2.94. The predicted molar refractivity (Wildman–Crippen MR) is 86.3 cm³/mol. The molecule has 0 aliphatic heterocycles. The van der Waals surface area contributed by atoms with Crippen LogP contribution in [0.5, 0.6) is 0 Å². The highest BCUT2D eigenvalue weighted by Crippen LogP contribution is 2.26. The first-order valence-corrected chi connectivity index (χ1v) is 8.88. The first-order valence-electron chi connectivity index (χ1n) is 6.60. The summed E-state index contributed by atoms with van der Waals surface area (Å²) in [6.45, 7) is 10.8. The van der Waals surface area contributed by atoms with Gasteiger partial charge in [-0.2, -0.15) is 0 Å². The monoisotopic (exact) mass is 362 g/mol. The summed E-state index contributed by atoms with van der Waals surface area (Å²) in [5.74, 6) is 0. The molecule has 0 spiro atoms. The van der Waals surface area contributed by atoms with E-state index in [9.17, 15) is 8.42 Å². The summed E-state index contributed by atoms with van der Waals surface area (Å²) in [6, 6.07) is 3.69. The van der Waals surface area contributed by atoms with Crippen LogP contribution in [0.15, 0.2) is 21.5 Å². The van der Waals surface area contributed by atoms with Crippen LogP contribution in [0.3, 0.4) is 0 Å². The number of hydrogen-bond acceptors (Lipinski definition) is 3. The van der Waals surface area contributed by atoms with Crippen molar-refractivity contribution in [3.8, 4) is 0 Å². The van der Waals surface area contributed by atoms with Crippen LogP contribution in [0.4, 0.5) is 0 Å². The lowest BCUT2D eigenvalue weighted by atomic mass is 10.1. The Morgan fingerprint density at radius 3 is 2.35 bits per heavy atom. The second kappa shape index (κ2) is 6.56. The lowest BCUT2D eigenvalue weighted by molar-refractivity contribution is 0.491. The highest BCUT2D eigenvalue weighted by molar-refractivity contribution is 9.10. The molecule has 0 bridgehead atoms. The van der Waals surface area contributed by atoms with Gasteiger partial charge in [-0.15, -0.1) is 0 Å². The Morgan fingerprint density at radius 1 is 1.25 bits per heavy atom. The zero-order chi connectivity index (χ0) is 15.6. The second-order valence-corrected chi connectivity index (χ2v) is 8.34. The van der Waals surface area contributed by atoms with E-state index in [-0.39, 0.29) is 0 Å². The third-order valence-corrected chi connectivity index (χ3v) is 5.37. The van der Waals surface area contributed by atoms with Gasteiger partial charge in [-0.05, 0) is 57.5 Å². The van der Waals surface area contributed by atoms with Gasteiger partial charge in [-0.1, -0.05) is 22.9 Å². The summed E-state index contributed by atoms with van der Waals surface area (Å²) in [7, 11) is -3.53. The summed E-state index contributed by atoms with van der Waals surface area (Å²) >= 11 is 3.44. The van der Waals surface area contributed by atoms with Crippen LogP contribution in [0, 0.1) is 6.92 Å². The van der Waals surface area contributed by atoms with E-state index in [2.05, 4.69) is 26.0 Å². The fourth-order valence-corrected chi connectivity index (χ4v) is 4.19. The number of benzene rings is 1. The van der Waals surface area contributed by atoms with E-state index < -0.39 is 15.6 Å². The van der Waals surface area contributed by atoms with Gasteiger partial charge in [0.25, 0.3) is 0 Å². The minimum atomic E-state index is -3.53. The molecule has 0 atom stereocenters. The molecular weight excluding hydrogens is 340 g/mol. The van der Waals surface area contributed by atoms with Gasteiger partial charge in [-0.25, -0.2) is 13.1 Å². The molecule has 0 saturated heterocycles. The number of rotatable bonds is 5. The summed E-state index contributed by atoms with van der Waals surface area (Å²) in [5.41, 5.74) is 1.16. The Bertz CT molecular complexity index is 578. The lowest BCUT2D eigenvalue weighted by Crippen LogP contribution is -2.40. The Morgan fingerprint density at radius 2 is 1.85 bits per heavy atom. The van der Waals surface area contributed by atoms with Gasteiger partial charge >= 0.3 is 0 Å². The SMILES string of the molecule is CCNCc1cc(Br)c(C)c(S(=O)(=O)NC(C)(C)C)c1. The van der Waals surface area contributed by atoms with Crippen molar-refractivity contribution >= 4 is 26.0 Å². The number of nitrogens with one attached hydrogen (secondary N) is 2. The topological polar surface area (TPSA) is 58.2 Å². The van der Waals surface area contributed by atoms with Crippen molar-refractivity contribution in [2.45, 2.75) is 51.6 Å². The zero-order valence-corrected chi connectivity index (χ0v) is 15.1. The van der Waals surface area contributed by atoms with Crippen LogP contribution in [-0.2, 0) is 16.6 Å². The quantitative estimate of drug-likeness (QED) is 0.846. The summed E-state index contributed by atoms with van der Waals surface area (Å²) in [6.07, 6.45) is 0. The Kier molecular flexibility index (Phi) is 5.78. The minimum Gasteiger partial charge on any atom is -0.313 e. The Balaban J connectivity index is 3.26. The molecule has 0 aliphatic carbocycles. The summed E-state index contributed by atoms with van der Waals surface area (Å²) < 4.78 is 28.5. The molecule has 4 nitrogen and oxygen atoms in total. The molecule has 1 rings (SSSR count). The average molecular weight is 363 g/mol. The molecule has 0 amide bonds. The average Bonchev–Trinajstić information content (AvgIpc) is 2.27. The molecule has 6 heteroatoms. The van der Waals surface area contributed by atoms with Gasteiger partial charge in [0.2, 0.25) is 10.0 Å². The van der Waals surface area contributed by atoms with Crippen molar-refractivity contribution < 1.29 is 8.42 Å². The van der Waals surface area contributed by atoms with Gasteiger partial charge in [0.05, 0.1) is 4.90 Å². The largest absolute Gasteiger partial charge is 0.313 e. The normalized spacial score (nSPS) is 12.7. The fourth-order valence-electron chi connectivity index (χ4n) is 1.82. The molecule has 0 radical (unpaired) electrons. The molecule has 1 aromatic rings. The van der Waals surface area contributed by atoms with Crippen molar-refractivity contribution in [1.29, 1.82) is 0 Å². The first kappa shape index (κ1) is 17.6. The van der Waals surface area contributed by atoms with Gasteiger partial charge in [0.15, 0.2) is 0 Å². The maximum absolute atomic E-state index is 12.5. The molecule has 114 valence electrons. The summed E-state index contributed by atoms with van der Waals surface area (Å²) in [4.78, 5) is 0.328. The molecule has 2 N–H and O–H groups in total. The van der Waals surface area contributed by atoms with Gasteiger partial charge in [0, 0.05) is 16.6 Å². The van der Waals surface area contributed by atoms with Crippen molar-refractivity contribution in [2.75, 3.05) is 6.54 Å². The molecule has 20 heavy (non-hydrogen) atoms. The molecule has 1 aromatic carbocycles. The van der Waals surface area contributed by atoms with Crippen molar-refractivity contribution in [2.24, 2.45) is 0 Å². The minimum absolute atomic E-state index is 0.328. The van der Waals surface area contributed by atoms with Gasteiger partial charge in [0.1, 0.15) is 0 Å². The molecular formula is C14H23BrN2O2S.